The molecule has 0 amide bonds. The summed E-state index contributed by atoms with van der Waals surface area (Å²) in [5.41, 5.74) is 1.97. The van der Waals surface area contributed by atoms with Crippen LogP contribution in [-0.2, 0) is 22.3 Å². The van der Waals surface area contributed by atoms with Gasteiger partial charge in [-0.25, -0.2) is 13.1 Å². The Hall–Kier alpha value is -0.560. The summed E-state index contributed by atoms with van der Waals surface area (Å²) in [5.74, 6) is 2.00. The fourth-order valence-corrected chi connectivity index (χ4v) is 4.91. The minimum atomic E-state index is -3.24. The van der Waals surface area contributed by atoms with E-state index in [1.54, 1.807) is 11.8 Å². The predicted octanol–water partition coefficient (Wildman–Crippen LogP) is 1.72. The highest BCUT2D eigenvalue weighted by atomic mass is 32.2. The van der Waals surface area contributed by atoms with Crippen molar-refractivity contribution in [3.8, 4) is 0 Å². The molecule has 20 heavy (non-hydrogen) atoms. The molecule has 0 spiro atoms. The van der Waals surface area contributed by atoms with Gasteiger partial charge in [-0.05, 0) is 29.8 Å². The summed E-state index contributed by atoms with van der Waals surface area (Å²) in [6, 6.07) is 7.88. The van der Waals surface area contributed by atoms with Gasteiger partial charge in [0.15, 0.2) is 0 Å². The van der Waals surface area contributed by atoms with Crippen molar-refractivity contribution in [2.75, 3.05) is 18.1 Å². The van der Waals surface area contributed by atoms with Gasteiger partial charge in [0.2, 0.25) is 10.0 Å². The fraction of sp³-hybridized carbons (Fsp3) is 0.571. The Morgan fingerprint density at radius 2 is 2.15 bits per heavy atom. The summed E-state index contributed by atoms with van der Waals surface area (Å²) in [5, 5.41) is 3.25. The van der Waals surface area contributed by atoms with Gasteiger partial charge >= 0.3 is 0 Å². The largest absolute Gasteiger partial charge is 0.313 e. The summed E-state index contributed by atoms with van der Waals surface area (Å²) in [6.45, 7) is 3.73. The first-order chi connectivity index (χ1) is 9.59. The first-order valence-corrected chi connectivity index (χ1v) is 9.76. The maximum absolute atomic E-state index is 12.1. The van der Waals surface area contributed by atoms with Crippen LogP contribution >= 0.6 is 11.8 Å². The molecule has 4 nitrogen and oxygen atoms in total. The molecule has 2 rings (SSSR count). The van der Waals surface area contributed by atoms with E-state index < -0.39 is 10.0 Å². The molecule has 1 fully saturated rings. The topological polar surface area (TPSA) is 58.2 Å². The lowest BCUT2D eigenvalue weighted by atomic mass is 10.1. The van der Waals surface area contributed by atoms with Gasteiger partial charge in [-0.1, -0.05) is 31.2 Å². The Kier molecular flexibility index (Phi) is 5.89. The van der Waals surface area contributed by atoms with Crippen LogP contribution in [0.1, 0.15) is 24.5 Å². The number of hydrogen-bond acceptors (Lipinski definition) is 4. The zero-order chi connectivity index (χ0) is 14.4. The fourth-order valence-electron chi connectivity index (χ4n) is 2.24. The SMILES string of the molecule is CCNCc1cccc(CS(=O)(=O)NC2CCSC2)c1. The minimum absolute atomic E-state index is 0.0636. The van der Waals surface area contributed by atoms with E-state index in [0.29, 0.717) is 0 Å². The highest BCUT2D eigenvalue weighted by molar-refractivity contribution is 7.99. The number of benzene rings is 1. The van der Waals surface area contributed by atoms with Gasteiger partial charge in [0.25, 0.3) is 0 Å². The average molecular weight is 314 g/mol. The molecule has 0 radical (unpaired) electrons. The summed E-state index contributed by atoms with van der Waals surface area (Å²) in [6.07, 6.45) is 0.935. The zero-order valence-corrected chi connectivity index (χ0v) is 13.4. The lowest BCUT2D eigenvalue weighted by molar-refractivity contribution is 0.562. The van der Waals surface area contributed by atoms with Crippen LogP contribution in [0.25, 0.3) is 0 Å². The molecule has 1 aromatic rings. The van der Waals surface area contributed by atoms with E-state index in [-0.39, 0.29) is 11.8 Å². The number of rotatable bonds is 7. The molecule has 0 aromatic heterocycles. The van der Waals surface area contributed by atoms with Gasteiger partial charge in [-0.3, -0.25) is 0 Å². The number of nitrogens with one attached hydrogen (secondary N) is 2. The monoisotopic (exact) mass is 314 g/mol. The van der Waals surface area contributed by atoms with Crippen LogP contribution in [0, 0.1) is 0 Å². The average Bonchev–Trinajstić information content (AvgIpc) is 2.88. The maximum Gasteiger partial charge on any atom is 0.216 e. The smallest absolute Gasteiger partial charge is 0.216 e. The summed E-state index contributed by atoms with van der Waals surface area (Å²) < 4.78 is 27.1. The third kappa shape index (κ3) is 5.09. The quantitative estimate of drug-likeness (QED) is 0.804. The van der Waals surface area contributed by atoms with Crippen LogP contribution in [-0.4, -0.2) is 32.5 Å². The van der Waals surface area contributed by atoms with E-state index in [4.69, 9.17) is 0 Å². The molecule has 1 aliphatic heterocycles. The van der Waals surface area contributed by atoms with Crippen molar-refractivity contribution in [2.45, 2.75) is 31.7 Å². The Labute approximate surface area is 125 Å². The summed E-state index contributed by atoms with van der Waals surface area (Å²) in [7, 11) is -3.24. The van der Waals surface area contributed by atoms with Crippen molar-refractivity contribution in [1.82, 2.24) is 10.0 Å². The molecule has 0 aliphatic carbocycles. The molecule has 1 aromatic carbocycles. The van der Waals surface area contributed by atoms with Gasteiger partial charge in [0, 0.05) is 18.3 Å². The molecule has 6 heteroatoms. The summed E-state index contributed by atoms with van der Waals surface area (Å²) >= 11 is 1.81. The normalized spacial score (nSPS) is 19.4. The standard InChI is InChI=1S/C14H22N2O2S2/c1-2-15-9-12-4-3-5-13(8-12)11-20(17,18)16-14-6-7-19-10-14/h3-5,8,14-16H,2,6-7,9-11H2,1H3. The van der Waals surface area contributed by atoms with E-state index in [2.05, 4.69) is 17.0 Å². The second-order valence-corrected chi connectivity index (χ2v) is 7.94. The van der Waals surface area contributed by atoms with Crippen LogP contribution in [0.2, 0.25) is 0 Å². The molecule has 112 valence electrons. The second-order valence-electron chi connectivity index (χ2n) is 5.04. The van der Waals surface area contributed by atoms with E-state index in [0.717, 1.165) is 42.1 Å². The van der Waals surface area contributed by atoms with E-state index in [1.165, 1.54) is 0 Å². The maximum atomic E-state index is 12.1. The molecule has 1 aliphatic rings. The first kappa shape index (κ1) is 15.8. The predicted molar refractivity (Wildman–Crippen MR) is 85.3 cm³/mol. The van der Waals surface area contributed by atoms with Gasteiger partial charge in [0.05, 0.1) is 5.75 Å². The van der Waals surface area contributed by atoms with Gasteiger partial charge in [0.1, 0.15) is 0 Å². The van der Waals surface area contributed by atoms with Crippen LogP contribution in [0.3, 0.4) is 0 Å². The Bertz CT molecular complexity index is 526. The Morgan fingerprint density at radius 1 is 1.35 bits per heavy atom. The zero-order valence-electron chi connectivity index (χ0n) is 11.8. The Balaban J connectivity index is 1.97. The van der Waals surface area contributed by atoms with Gasteiger partial charge < -0.3 is 5.32 Å². The van der Waals surface area contributed by atoms with E-state index in [9.17, 15) is 8.42 Å². The highest BCUT2D eigenvalue weighted by Crippen LogP contribution is 2.18. The molecule has 1 atom stereocenters. The lowest BCUT2D eigenvalue weighted by Gasteiger charge is -2.12. The van der Waals surface area contributed by atoms with Crippen molar-refractivity contribution in [2.24, 2.45) is 0 Å². The molecular formula is C14H22N2O2S2. The van der Waals surface area contributed by atoms with Crippen molar-refractivity contribution in [1.29, 1.82) is 0 Å². The first-order valence-electron chi connectivity index (χ1n) is 6.95. The van der Waals surface area contributed by atoms with Gasteiger partial charge in [-0.15, -0.1) is 0 Å². The number of thioether (sulfide) groups is 1. The van der Waals surface area contributed by atoms with E-state index >= 15 is 0 Å². The highest BCUT2D eigenvalue weighted by Gasteiger charge is 2.21. The van der Waals surface area contributed by atoms with Crippen molar-refractivity contribution in [3.05, 3.63) is 35.4 Å². The molecule has 0 saturated carbocycles. The van der Waals surface area contributed by atoms with Crippen molar-refractivity contribution >= 4 is 21.8 Å². The molecule has 1 unspecified atom stereocenters. The third-order valence-electron chi connectivity index (χ3n) is 3.20. The number of sulfonamides is 1. The van der Waals surface area contributed by atoms with Gasteiger partial charge in [-0.2, -0.15) is 11.8 Å². The van der Waals surface area contributed by atoms with Crippen LogP contribution in [0.5, 0.6) is 0 Å². The molecule has 2 N–H and O–H groups in total. The van der Waals surface area contributed by atoms with Crippen molar-refractivity contribution in [3.63, 3.8) is 0 Å². The lowest BCUT2D eigenvalue weighted by Crippen LogP contribution is -2.35. The Morgan fingerprint density at radius 3 is 2.85 bits per heavy atom. The minimum Gasteiger partial charge on any atom is -0.313 e. The molecule has 0 bridgehead atoms. The van der Waals surface area contributed by atoms with E-state index in [1.807, 2.05) is 24.3 Å². The summed E-state index contributed by atoms with van der Waals surface area (Å²) in [4.78, 5) is 0. The number of hydrogen-bond donors (Lipinski definition) is 2. The van der Waals surface area contributed by atoms with Crippen LogP contribution in [0.4, 0.5) is 0 Å². The van der Waals surface area contributed by atoms with Crippen LogP contribution in [0.15, 0.2) is 24.3 Å². The molecular weight excluding hydrogens is 292 g/mol. The molecule has 1 saturated heterocycles. The van der Waals surface area contributed by atoms with Crippen LogP contribution < -0.4 is 10.0 Å². The molecule has 1 heterocycles. The third-order valence-corrected chi connectivity index (χ3v) is 5.77. The van der Waals surface area contributed by atoms with Crippen molar-refractivity contribution < 1.29 is 8.42 Å². The second kappa shape index (κ2) is 7.45.